The van der Waals surface area contributed by atoms with Crippen LogP contribution in [0.5, 0.6) is 0 Å². The number of benzene rings is 1. The number of likely N-dealkylation sites (tertiary alicyclic amines) is 1. The molecule has 118 valence electrons. The summed E-state index contributed by atoms with van der Waals surface area (Å²) in [5.74, 6) is 0. The van der Waals surface area contributed by atoms with Gasteiger partial charge in [-0.3, -0.25) is 0 Å². The lowest BCUT2D eigenvalue weighted by atomic mass is 9.86. The van der Waals surface area contributed by atoms with Crippen molar-refractivity contribution in [2.24, 2.45) is 0 Å². The Morgan fingerprint density at radius 2 is 2.09 bits per heavy atom. The number of urea groups is 1. The fourth-order valence-corrected chi connectivity index (χ4v) is 2.69. The van der Waals surface area contributed by atoms with E-state index in [0.29, 0.717) is 12.2 Å². The third kappa shape index (κ3) is 3.58. The highest BCUT2D eigenvalue weighted by molar-refractivity contribution is 5.89. The Morgan fingerprint density at radius 3 is 2.68 bits per heavy atom. The first-order chi connectivity index (χ1) is 10.5. The largest absolute Gasteiger partial charge is 0.394 e. The molecule has 1 aliphatic rings. The molecule has 1 atom stereocenters. The van der Waals surface area contributed by atoms with Crippen molar-refractivity contribution in [3.63, 3.8) is 0 Å². The van der Waals surface area contributed by atoms with Gasteiger partial charge in [-0.2, -0.15) is 5.26 Å². The van der Waals surface area contributed by atoms with Gasteiger partial charge in [0.1, 0.15) is 0 Å². The minimum atomic E-state index is -0.544. The number of piperidine rings is 1. The summed E-state index contributed by atoms with van der Waals surface area (Å²) in [5, 5.41) is 21.4. The summed E-state index contributed by atoms with van der Waals surface area (Å²) in [6.45, 7) is 4.40. The molecule has 5 heteroatoms. The monoisotopic (exact) mass is 301 g/mol. The van der Waals surface area contributed by atoms with Crippen LogP contribution in [0.15, 0.2) is 24.3 Å². The van der Waals surface area contributed by atoms with E-state index in [0.717, 1.165) is 24.8 Å². The lowest BCUT2D eigenvalue weighted by Gasteiger charge is -2.34. The fraction of sp³-hybridized carbons (Fsp3) is 0.529. The second-order valence-corrected chi connectivity index (χ2v) is 6.27. The minimum Gasteiger partial charge on any atom is -0.394 e. The zero-order valence-electron chi connectivity index (χ0n) is 13.2. The van der Waals surface area contributed by atoms with E-state index in [1.807, 2.05) is 38.1 Å². The van der Waals surface area contributed by atoms with Gasteiger partial charge in [-0.25, -0.2) is 4.79 Å². The summed E-state index contributed by atoms with van der Waals surface area (Å²) < 4.78 is 0. The van der Waals surface area contributed by atoms with Crippen molar-refractivity contribution in [1.82, 2.24) is 4.90 Å². The molecule has 1 aromatic carbocycles. The summed E-state index contributed by atoms with van der Waals surface area (Å²) in [6, 6.07) is 9.33. The van der Waals surface area contributed by atoms with Crippen molar-refractivity contribution in [1.29, 1.82) is 5.26 Å². The Balaban J connectivity index is 2.04. The number of carbonyl (C=O) groups is 1. The van der Waals surface area contributed by atoms with Crippen LogP contribution in [-0.4, -0.2) is 35.2 Å². The van der Waals surface area contributed by atoms with Crippen molar-refractivity contribution in [2.45, 2.75) is 44.6 Å². The first-order valence-corrected chi connectivity index (χ1v) is 7.68. The second-order valence-electron chi connectivity index (χ2n) is 6.27. The summed E-state index contributed by atoms with van der Waals surface area (Å²) in [6.07, 6.45) is 2.87. The summed E-state index contributed by atoms with van der Waals surface area (Å²) in [7, 11) is 0. The van der Waals surface area contributed by atoms with Crippen LogP contribution in [0.4, 0.5) is 10.5 Å². The van der Waals surface area contributed by atoms with Crippen LogP contribution in [0, 0.1) is 11.3 Å². The lowest BCUT2D eigenvalue weighted by Crippen LogP contribution is -2.47. The average Bonchev–Trinajstić information content (AvgIpc) is 2.55. The molecule has 0 aromatic heterocycles. The van der Waals surface area contributed by atoms with Crippen LogP contribution in [0.25, 0.3) is 0 Å². The highest BCUT2D eigenvalue weighted by Gasteiger charge is 2.26. The molecule has 2 amide bonds. The molecule has 1 aromatic rings. The maximum Gasteiger partial charge on any atom is 0.322 e. The summed E-state index contributed by atoms with van der Waals surface area (Å²) in [5.41, 5.74) is 1.07. The van der Waals surface area contributed by atoms with E-state index >= 15 is 0 Å². The van der Waals surface area contributed by atoms with E-state index in [2.05, 4.69) is 11.4 Å². The molecule has 0 unspecified atom stereocenters. The maximum absolute atomic E-state index is 12.3. The van der Waals surface area contributed by atoms with Gasteiger partial charge < -0.3 is 15.3 Å². The molecular formula is C17H23N3O2. The number of aliphatic hydroxyl groups is 1. The van der Waals surface area contributed by atoms with Gasteiger partial charge in [0, 0.05) is 12.2 Å². The molecule has 1 fully saturated rings. The van der Waals surface area contributed by atoms with Gasteiger partial charge in [-0.05, 0) is 50.8 Å². The Labute approximate surface area is 131 Å². The van der Waals surface area contributed by atoms with Gasteiger partial charge in [0.2, 0.25) is 0 Å². The molecule has 1 saturated heterocycles. The summed E-state index contributed by atoms with van der Waals surface area (Å²) >= 11 is 0. The standard InChI is InChI=1S/C17H23N3O2/c1-17(2,12-18)13-6-8-14(9-7-13)19-16(22)20-10-4-3-5-15(20)11-21/h6-9,15,21H,3-5,10-11H2,1-2H3,(H,19,22)/t15-/m0/s1. The van der Waals surface area contributed by atoms with Crippen LogP contribution >= 0.6 is 0 Å². The molecule has 5 nitrogen and oxygen atoms in total. The molecule has 22 heavy (non-hydrogen) atoms. The number of nitrogens with one attached hydrogen (secondary N) is 1. The van der Waals surface area contributed by atoms with E-state index in [4.69, 9.17) is 5.26 Å². The maximum atomic E-state index is 12.3. The SMILES string of the molecule is CC(C)(C#N)c1ccc(NC(=O)N2CCCC[C@H]2CO)cc1. The number of anilines is 1. The van der Waals surface area contributed by atoms with Crippen LogP contribution in [0.1, 0.15) is 38.7 Å². The number of carbonyl (C=O) groups excluding carboxylic acids is 1. The highest BCUT2D eigenvalue weighted by Crippen LogP contribution is 2.24. The average molecular weight is 301 g/mol. The van der Waals surface area contributed by atoms with E-state index in [1.165, 1.54) is 0 Å². The first kappa shape index (κ1) is 16.3. The van der Waals surface area contributed by atoms with Gasteiger partial charge in [-0.15, -0.1) is 0 Å². The fourth-order valence-electron chi connectivity index (χ4n) is 2.69. The van der Waals surface area contributed by atoms with Gasteiger partial charge in [-0.1, -0.05) is 12.1 Å². The van der Waals surface area contributed by atoms with Crippen LogP contribution in [0.2, 0.25) is 0 Å². The first-order valence-electron chi connectivity index (χ1n) is 7.68. The number of hydrogen-bond donors (Lipinski definition) is 2. The quantitative estimate of drug-likeness (QED) is 0.901. The number of rotatable bonds is 3. The molecule has 1 aliphatic heterocycles. The highest BCUT2D eigenvalue weighted by atomic mass is 16.3. The lowest BCUT2D eigenvalue weighted by molar-refractivity contribution is 0.115. The Hall–Kier alpha value is -2.06. The molecule has 0 bridgehead atoms. The second kappa shape index (κ2) is 6.80. The zero-order chi connectivity index (χ0) is 16.2. The number of hydrogen-bond acceptors (Lipinski definition) is 3. The third-order valence-corrected chi connectivity index (χ3v) is 4.24. The minimum absolute atomic E-state index is 0.00270. The predicted molar refractivity (Wildman–Crippen MR) is 85.5 cm³/mol. The van der Waals surface area contributed by atoms with Crippen molar-refractivity contribution in [2.75, 3.05) is 18.5 Å². The van der Waals surface area contributed by atoms with E-state index < -0.39 is 5.41 Å². The van der Waals surface area contributed by atoms with E-state index in [9.17, 15) is 9.90 Å². The van der Waals surface area contributed by atoms with Crippen molar-refractivity contribution < 1.29 is 9.90 Å². The number of nitriles is 1. The van der Waals surface area contributed by atoms with Crippen molar-refractivity contribution in [3.8, 4) is 6.07 Å². The normalized spacial score (nSPS) is 18.6. The van der Waals surface area contributed by atoms with E-state index in [1.54, 1.807) is 4.90 Å². The molecule has 2 rings (SSSR count). The molecule has 0 aliphatic carbocycles. The van der Waals surface area contributed by atoms with E-state index in [-0.39, 0.29) is 18.7 Å². The molecule has 0 saturated carbocycles. The number of nitrogens with zero attached hydrogens (tertiary/aromatic N) is 2. The summed E-state index contributed by atoms with van der Waals surface area (Å²) in [4.78, 5) is 14.0. The third-order valence-electron chi connectivity index (χ3n) is 4.24. The smallest absolute Gasteiger partial charge is 0.322 e. The molecular weight excluding hydrogens is 278 g/mol. The Morgan fingerprint density at radius 1 is 1.41 bits per heavy atom. The van der Waals surface area contributed by atoms with Crippen LogP contribution < -0.4 is 5.32 Å². The Bertz CT molecular complexity index is 560. The van der Waals surface area contributed by atoms with Crippen LogP contribution in [0.3, 0.4) is 0 Å². The van der Waals surface area contributed by atoms with Crippen molar-refractivity contribution in [3.05, 3.63) is 29.8 Å². The molecule has 1 heterocycles. The molecule has 2 N–H and O–H groups in total. The van der Waals surface area contributed by atoms with Crippen molar-refractivity contribution >= 4 is 11.7 Å². The Kier molecular flexibility index (Phi) is 5.04. The topological polar surface area (TPSA) is 76.4 Å². The molecule has 0 radical (unpaired) electrons. The number of amides is 2. The molecule has 0 spiro atoms. The van der Waals surface area contributed by atoms with Crippen LogP contribution in [-0.2, 0) is 5.41 Å². The van der Waals surface area contributed by atoms with Gasteiger partial charge in [0.25, 0.3) is 0 Å². The van der Waals surface area contributed by atoms with Gasteiger partial charge in [0.15, 0.2) is 0 Å². The zero-order valence-corrected chi connectivity index (χ0v) is 13.2. The predicted octanol–water partition coefficient (Wildman–Crippen LogP) is 2.87. The number of aliphatic hydroxyl groups excluding tert-OH is 1. The van der Waals surface area contributed by atoms with Gasteiger partial charge >= 0.3 is 6.03 Å². The van der Waals surface area contributed by atoms with Gasteiger partial charge in [0.05, 0.1) is 24.1 Å².